The van der Waals surface area contributed by atoms with Crippen LogP contribution in [0.5, 0.6) is 0 Å². The molecule has 2 N–H and O–H groups in total. The molecule has 0 fully saturated rings. The maximum absolute atomic E-state index is 11.9. The third-order valence-electron chi connectivity index (χ3n) is 2.74. The summed E-state index contributed by atoms with van der Waals surface area (Å²) in [5.74, 6) is -0.218. The van der Waals surface area contributed by atoms with Gasteiger partial charge in [-0.2, -0.15) is 0 Å². The molecule has 5 heteroatoms. The van der Waals surface area contributed by atoms with Crippen molar-refractivity contribution >= 4 is 12.0 Å². The molecule has 19 heavy (non-hydrogen) atoms. The third kappa shape index (κ3) is 3.24. The Labute approximate surface area is 112 Å². The van der Waals surface area contributed by atoms with E-state index >= 15 is 0 Å². The van der Waals surface area contributed by atoms with Gasteiger partial charge in [0.05, 0.1) is 0 Å². The van der Waals surface area contributed by atoms with Gasteiger partial charge in [0.15, 0.2) is 0 Å². The van der Waals surface area contributed by atoms with Crippen LogP contribution < -0.4 is 10.6 Å². The standard InChI is InChI=1S/C14H18N2O3/c1-14(2,3)19-13(18)16-11-10-7-5-4-6-9(10)8-15-12(11)17/h4-7,11H,8H2,1-3H3,(H,15,17)(H,16,18)/t11-/m1/s1. The molecular weight excluding hydrogens is 244 g/mol. The predicted molar refractivity (Wildman–Crippen MR) is 70.4 cm³/mol. The molecule has 0 saturated carbocycles. The Balaban J connectivity index is 2.16. The van der Waals surface area contributed by atoms with Crippen molar-refractivity contribution in [2.45, 2.75) is 39.0 Å². The van der Waals surface area contributed by atoms with Crippen molar-refractivity contribution in [1.82, 2.24) is 10.6 Å². The molecule has 1 aliphatic heterocycles. The van der Waals surface area contributed by atoms with Crippen LogP contribution in [0.4, 0.5) is 4.79 Å². The number of alkyl carbamates (subject to hydrolysis) is 1. The minimum atomic E-state index is -0.695. The number of fused-ring (bicyclic) bond motifs is 1. The van der Waals surface area contributed by atoms with Crippen molar-refractivity contribution in [2.75, 3.05) is 0 Å². The Morgan fingerprint density at radius 2 is 2.05 bits per heavy atom. The highest BCUT2D eigenvalue weighted by atomic mass is 16.6. The van der Waals surface area contributed by atoms with Gasteiger partial charge < -0.3 is 15.4 Å². The zero-order valence-corrected chi connectivity index (χ0v) is 11.3. The maximum atomic E-state index is 11.9. The molecule has 0 aliphatic carbocycles. The molecule has 0 saturated heterocycles. The van der Waals surface area contributed by atoms with Gasteiger partial charge >= 0.3 is 6.09 Å². The van der Waals surface area contributed by atoms with Crippen LogP contribution in [0, 0.1) is 0 Å². The number of amides is 2. The van der Waals surface area contributed by atoms with Crippen molar-refractivity contribution in [2.24, 2.45) is 0 Å². The predicted octanol–water partition coefficient (Wildman–Crippen LogP) is 1.88. The molecule has 0 radical (unpaired) electrons. The molecule has 0 bridgehead atoms. The van der Waals surface area contributed by atoms with E-state index in [2.05, 4.69) is 10.6 Å². The van der Waals surface area contributed by atoms with E-state index in [1.807, 2.05) is 24.3 Å². The Morgan fingerprint density at radius 1 is 1.37 bits per heavy atom. The molecule has 0 unspecified atom stereocenters. The maximum Gasteiger partial charge on any atom is 0.408 e. The molecule has 2 amide bonds. The van der Waals surface area contributed by atoms with Gasteiger partial charge in [-0.15, -0.1) is 0 Å². The van der Waals surface area contributed by atoms with Gasteiger partial charge in [0, 0.05) is 6.54 Å². The second-order valence-electron chi connectivity index (χ2n) is 5.50. The van der Waals surface area contributed by atoms with Crippen molar-refractivity contribution in [1.29, 1.82) is 0 Å². The summed E-state index contributed by atoms with van der Waals surface area (Å²) in [6.07, 6.45) is -0.593. The van der Waals surface area contributed by atoms with Crippen LogP contribution in [0.2, 0.25) is 0 Å². The monoisotopic (exact) mass is 262 g/mol. The Kier molecular flexibility index (Phi) is 3.46. The number of carbonyl (C=O) groups excluding carboxylic acids is 2. The van der Waals surface area contributed by atoms with Gasteiger partial charge in [-0.3, -0.25) is 4.79 Å². The lowest BCUT2D eigenvalue weighted by Crippen LogP contribution is -2.45. The average molecular weight is 262 g/mol. The lowest BCUT2D eigenvalue weighted by Gasteiger charge is -2.27. The van der Waals surface area contributed by atoms with Gasteiger partial charge in [-0.1, -0.05) is 24.3 Å². The summed E-state index contributed by atoms with van der Waals surface area (Å²) in [7, 11) is 0. The number of ether oxygens (including phenoxy) is 1. The lowest BCUT2D eigenvalue weighted by molar-refractivity contribution is -0.124. The van der Waals surface area contributed by atoms with Gasteiger partial charge in [0.25, 0.3) is 0 Å². The molecule has 2 rings (SSSR count). The molecule has 1 heterocycles. The van der Waals surface area contributed by atoms with E-state index in [0.29, 0.717) is 6.54 Å². The van der Waals surface area contributed by atoms with E-state index in [0.717, 1.165) is 11.1 Å². The number of rotatable bonds is 1. The summed E-state index contributed by atoms with van der Waals surface area (Å²) in [5.41, 5.74) is 1.23. The molecule has 1 aromatic rings. The zero-order valence-electron chi connectivity index (χ0n) is 11.3. The molecule has 1 aromatic carbocycles. The molecule has 102 valence electrons. The van der Waals surface area contributed by atoms with Crippen LogP contribution >= 0.6 is 0 Å². The van der Waals surface area contributed by atoms with Crippen LogP contribution in [0.25, 0.3) is 0 Å². The summed E-state index contributed by atoms with van der Waals surface area (Å²) >= 11 is 0. The van der Waals surface area contributed by atoms with Crippen LogP contribution in [-0.2, 0) is 16.1 Å². The second-order valence-corrected chi connectivity index (χ2v) is 5.50. The Bertz CT molecular complexity index is 506. The van der Waals surface area contributed by atoms with E-state index in [1.165, 1.54) is 0 Å². The topological polar surface area (TPSA) is 67.4 Å². The molecule has 1 atom stereocenters. The number of benzene rings is 1. The van der Waals surface area contributed by atoms with Crippen molar-refractivity contribution in [3.63, 3.8) is 0 Å². The average Bonchev–Trinajstić information content (AvgIpc) is 2.31. The first-order valence-electron chi connectivity index (χ1n) is 6.22. The van der Waals surface area contributed by atoms with Crippen LogP contribution in [-0.4, -0.2) is 17.6 Å². The first kappa shape index (κ1) is 13.4. The van der Waals surface area contributed by atoms with E-state index in [1.54, 1.807) is 20.8 Å². The van der Waals surface area contributed by atoms with Gasteiger partial charge in [-0.05, 0) is 31.9 Å². The van der Waals surface area contributed by atoms with Crippen molar-refractivity contribution in [3.8, 4) is 0 Å². The highest BCUT2D eigenvalue weighted by molar-refractivity contribution is 5.88. The fraction of sp³-hybridized carbons (Fsp3) is 0.429. The summed E-state index contributed by atoms with van der Waals surface area (Å²) < 4.78 is 5.17. The first-order chi connectivity index (χ1) is 8.87. The Morgan fingerprint density at radius 3 is 2.74 bits per heavy atom. The van der Waals surface area contributed by atoms with Gasteiger partial charge in [0.2, 0.25) is 5.91 Å². The zero-order chi connectivity index (χ0) is 14.0. The highest BCUT2D eigenvalue weighted by Crippen LogP contribution is 2.23. The third-order valence-corrected chi connectivity index (χ3v) is 2.74. The highest BCUT2D eigenvalue weighted by Gasteiger charge is 2.30. The van der Waals surface area contributed by atoms with Crippen LogP contribution in [0.15, 0.2) is 24.3 Å². The minimum Gasteiger partial charge on any atom is -0.444 e. The lowest BCUT2D eigenvalue weighted by atomic mass is 9.96. The van der Waals surface area contributed by atoms with E-state index < -0.39 is 17.7 Å². The molecule has 0 spiro atoms. The fourth-order valence-electron chi connectivity index (χ4n) is 1.97. The molecule has 5 nitrogen and oxygen atoms in total. The summed E-state index contributed by atoms with van der Waals surface area (Å²) in [6.45, 7) is 5.83. The summed E-state index contributed by atoms with van der Waals surface area (Å²) in [5, 5.41) is 5.36. The first-order valence-corrected chi connectivity index (χ1v) is 6.22. The smallest absolute Gasteiger partial charge is 0.408 e. The number of hydrogen-bond acceptors (Lipinski definition) is 3. The minimum absolute atomic E-state index is 0.218. The molecular formula is C14H18N2O3. The van der Waals surface area contributed by atoms with E-state index in [4.69, 9.17) is 4.74 Å². The second kappa shape index (κ2) is 4.91. The van der Waals surface area contributed by atoms with Crippen molar-refractivity contribution < 1.29 is 14.3 Å². The number of hydrogen-bond donors (Lipinski definition) is 2. The van der Waals surface area contributed by atoms with Gasteiger partial charge in [-0.25, -0.2) is 4.79 Å². The molecule has 0 aromatic heterocycles. The summed E-state index contributed by atoms with van der Waals surface area (Å²) in [4.78, 5) is 23.6. The summed E-state index contributed by atoms with van der Waals surface area (Å²) in [6, 6.07) is 6.83. The number of carbonyl (C=O) groups is 2. The van der Waals surface area contributed by atoms with Crippen LogP contribution in [0.3, 0.4) is 0 Å². The fourth-order valence-corrected chi connectivity index (χ4v) is 1.97. The quantitative estimate of drug-likeness (QED) is 0.812. The SMILES string of the molecule is CC(C)(C)OC(=O)N[C@H]1C(=O)NCc2ccccc21. The van der Waals surface area contributed by atoms with Crippen LogP contribution in [0.1, 0.15) is 37.9 Å². The Hall–Kier alpha value is -2.04. The van der Waals surface area contributed by atoms with E-state index in [-0.39, 0.29) is 5.91 Å². The largest absolute Gasteiger partial charge is 0.444 e. The van der Waals surface area contributed by atoms with Gasteiger partial charge in [0.1, 0.15) is 11.6 Å². The number of nitrogens with one attached hydrogen (secondary N) is 2. The normalized spacial score (nSPS) is 18.3. The molecule has 1 aliphatic rings. The van der Waals surface area contributed by atoms with E-state index in [9.17, 15) is 9.59 Å². The van der Waals surface area contributed by atoms with Crippen molar-refractivity contribution in [3.05, 3.63) is 35.4 Å².